The van der Waals surface area contributed by atoms with E-state index in [1.807, 2.05) is 0 Å². The van der Waals surface area contributed by atoms with E-state index in [-0.39, 0.29) is 0 Å². The summed E-state index contributed by atoms with van der Waals surface area (Å²) >= 11 is 0. The number of pyridine rings is 1. The second-order valence-corrected chi connectivity index (χ2v) is 6.20. The number of hydrogen-bond acceptors (Lipinski definition) is 4. The first-order valence-electron chi connectivity index (χ1n) is 7.22. The van der Waals surface area contributed by atoms with Crippen molar-refractivity contribution in [2.24, 2.45) is 0 Å². The van der Waals surface area contributed by atoms with Crippen molar-refractivity contribution in [3.8, 4) is 0 Å². The minimum absolute atomic E-state index is 0.342. The highest BCUT2D eigenvalue weighted by atomic mass is 19.1. The average Bonchev–Trinajstić information content (AvgIpc) is 2.40. The number of hydrogen-bond donors (Lipinski definition) is 2. The average molecular weight is 317 g/mol. The van der Waals surface area contributed by atoms with Crippen molar-refractivity contribution in [2.75, 3.05) is 11.1 Å². The summed E-state index contributed by atoms with van der Waals surface area (Å²) in [6.45, 7) is 5.28. The van der Waals surface area contributed by atoms with E-state index in [2.05, 4.69) is 10.3 Å². The fourth-order valence-corrected chi connectivity index (χ4v) is 2.01. The molecular formula is C17H20FN3O2. The van der Waals surface area contributed by atoms with E-state index in [1.54, 1.807) is 51.2 Å². The van der Waals surface area contributed by atoms with Gasteiger partial charge in [0.1, 0.15) is 17.2 Å². The maximum atomic E-state index is 14.2. The Morgan fingerprint density at radius 2 is 2.04 bits per heavy atom. The van der Waals surface area contributed by atoms with E-state index >= 15 is 0 Å². The highest BCUT2D eigenvalue weighted by molar-refractivity contribution is 5.84. The van der Waals surface area contributed by atoms with Gasteiger partial charge in [-0.3, -0.25) is 5.32 Å². The van der Waals surface area contributed by atoms with Gasteiger partial charge < -0.3 is 10.5 Å². The minimum Gasteiger partial charge on any atom is -0.444 e. The SMILES string of the molecule is CC(C)(C)OC(=O)Nc1ccc(Cc2ccnc(N)c2)c(F)c1. The normalized spacial score (nSPS) is 11.1. The summed E-state index contributed by atoms with van der Waals surface area (Å²) in [5.41, 5.74) is 6.72. The van der Waals surface area contributed by atoms with Crippen LogP contribution in [0, 0.1) is 5.82 Å². The van der Waals surface area contributed by atoms with Gasteiger partial charge in [0.2, 0.25) is 0 Å². The molecule has 0 radical (unpaired) electrons. The summed E-state index contributed by atoms with van der Waals surface area (Å²) in [5.74, 6) is -0.0138. The predicted molar refractivity (Wildman–Crippen MR) is 87.7 cm³/mol. The molecule has 1 amide bonds. The van der Waals surface area contributed by atoms with Gasteiger partial charge in [-0.1, -0.05) is 6.07 Å². The number of nitrogens with zero attached hydrogens (tertiary/aromatic N) is 1. The van der Waals surface area contributed by atoms with Crippen molar-refractivity contribution in [3.05, 3.63) is 53.5 Å². The molecule has 6 heteroatoms. The molecule has 0 aliphatic heterocycles. The second kappa shape index (κ2) is 6.64. The van der Waals surface area contributed by atoms with Crippen LogP contribution < -0.4 is 11.1 Å². The molecule has 0 spiro atoms. The van der Waals surface area contributed by atoms with Crippen molar-refractivity contribution in [3.63, 3.8) is 0 Å². The van der Waals surface area contributed by atoms with Crippen molar-refractivity contribution in [2.45, 2.75) is 32.8 Å². The largest absolute Gasteiger partial charge is 0.444 e. The Bertz CT molecular complexity index is 711. The zero-order valence-electron chi connectivity index (χ0n) is 13.4. The summed E-state index contributed by atoms with van der Waals surface area (Å²) < 4.78 is 19.3. The summed E-state index contributed by atoms with van der Waals surface area (Å²) in [7, 11) is 0. The number of ether oxygens (including phenoxy) is 1. The number of benzene rings is 1. The third kappa shape index (κ3) is 5.25. The molecule has 0 bridgehead atoms. The number of nitrogens with two attached hydrogens (primary N) is 1. The zero-order valence-corrected chi connectivity index (χ0v) is 13.4. The highest BCUT2D eigenvalue weighted by Gasteiger charge is 2.16. The third-order valence-corrected chi connectivity index (χ3v) is 2.94. The molecule has 0 saturated carbocycles. The van der Waals surface area contributed by atoms with Crippen molar-refractivity contribution in [1.82, 2.24) is 4.98 Å². The van der Waals surface area contributed by atoms with Crippen LogP contribution in [0.1, 0.15) is 31.9 Å². The molecule has 2 aromatic rings. The number of halogens is 1. The van der Waals surface area contributed by atoms with Gasteiger partial charge in [0.15, 0.2) is 0 Å². The van der Waals surface area contributed by atoms with Crippen LogP contribution in [-0.2, 0) is 11.2 Å². The van der Waals surface area contributed by atoms with Gasteiger partial charge in [0, 0.05) is 18.3 Å². The summed E-state index contributed by atoms with van der Waals surface area (Å²) in [4.78, 5) is 15.6. The second-order valence-electron chi connectivity index (χ2n) is 6.20. The number of nitrogens with one attached hydrogen (secondary N) is 1. The van der Waals surface area contributed by atoms with Gasteiger partial charge in [-0.25, -0.2) is 14.2 Å². The Kier molecular flexibility index (Phi) is 4.83. The van der Waals surface area contributed by atoms with Crippen LogP contribution in [-0.4, -0.2) is 16.7 Å². The first-order chi connectivity index (χ1) is 10.7. The van der Waals surface area contributed by atoms with E-state index in [9.17, 15) is 9.18 Å². The number of nitrogen functional groups attached to an aromatic ring is 1. The van der Waals surface area contributed by atoms with Gasteiger partial charge in [0.05, 0.1) is 0 Å². The number of aromatic nitrogens is 1. The molecule has 3 N–H and O–H groups in total. The molecule has 23 heavy (non-hydrogen) atoms. The maximum absolute atomic E-state index is 14.2. The molecular weight excluding hydrogens is 297 g/mol. The van der Waals surface area contributed by atoms with Crippen LogP contribution in [0.2, 0.25) is 0 Å². The van der Waals surface area contributed by atoms with Crippen molar-refractivity contribution >= 4 is 17.6 Å². The Hall–Kier alpha value is -2.63. The van der Waals surface area contributed by atoms with Crippen LogP contribution in [0.3, 0.4) is 0 Å². The Balaban J connectivity index is 2.07. The van der Waals surface area contributed by atoms with E-state index < -0.39 is 17.5 Å². The number of amides is 1. The van der Waals surface area contributed by atoms with Crippen LogP contribution in [0.25, 0.3) is 0 Å². The van der Waals surface area contributed by atoms with Gasteiger partial charge in [0.25, 0.3) is 0 Å². The van der Waals surface area contributed by atoms with Gasteiger partial charge in [-0.15, -0.1) is 0 Å². The first-order valence-corrected chi connectivity index (χ1v) is 7.22. The van der Waals surface area contributed by atoms with Crippen molar-refractivity contribution < 1.29 is 13.9 Å². The molecule has 0 unspecified atom stereocenters. The fraction of sp³-hybridized carbons (Fsp3) is 0.294. The number of anilines is 2. The fourth-order valence-electron chi connectivity index (χ4n) is 2.01. The summed E-state index contributed by atoms with van der Waals surface area (Å²) in [6, 6.07) is 8.00. The lowest BCUT2D eigenvalue weighted by molar-refractivity contribution is 0.0636. The van der Waals surface area contributed by atoms with E-state index in [0.717, 1.165) is 5.56 Å². The molecule has 5 nitrogen and oxygen atoms in total. The predicted octanol–water partition coefficient (Wildman–Crippen LogP) is 3.74. The molecule has 1 heterocycles. The highest BCUT2D eigenvalue weighted by Crippen LogP contribution is 2.19. The standard InChI is InChI=1S/C17H20FN3O2/c1-17(2,3)23-16(22)21-13-5-4-12(14(18)10-13)8-11-6-7-20-15(19)9-11/h4-7,9-10H,8H2,1-3H3,(H2,19,20)(H,21,22). The maximum Gasteiger partial charge on any atom is 0.412 e. The molecule has 0 fully saturated rings. The smallest absolute Gasteiger partial charge is 0.412 e. The molecule has 2 rings (SSSR count). The van der Waals surface area contributed by atoms with Crippen LogP contribution in [0.4, 0.5) is 20.7 Å². The van der Waals surface area contributed by atoms with E-state index in [1.165, 1.54) is 6.07 Å². The molecule has 1 aromatic heterocycles. The lowest BCUT2D eigenvalue weighted by Crippen LogP contribution is -2.27. The number of carbonyl (C=O) groups is 1. The number of carbonyl (C=O) groups excluding carboxylic acids is 1. The van der Waals surface area contributed by atoms with E-state index in [4.69, 9.17) is 10.5 Å². The van der Waals surface area contributed by atoms with Gasteiger partial charge >= 0.3 is 6.09 Å². The monoisotopic (exact) mass is 317 g/mol. The minimum atomic E-state index is -0.619. The topological polar surface area (TPSA) is 77.2 Å². The molecule has 0 aliphatic rings. The molecule has 0 aliphatic carbocycles. The van der Waals surface area contributed by atoms with Crippen LogP contribution in [0.15, 0.2) is 36.5 Å². The molecule has 0 saturated heterocycles. The number of rotatable bonds is 3. The summed E-state index contributed by atoms with van der Waals surface area (Å²) in [6.07, 6.45) is 1.36. The van der Waals surface area contributed by atoms with E-state index in [0.29, 0.717) is 23.5 Å². The molecule has 1 aromatic carbocycles. The van der Waals surface area contributed by atoms with Gasteiger partial charge in [-0.2, -0.15) is 0 Å². The van der Waals surface area contributed by atoms with Crippen LogP contribution >= 0.6 is 0 Å². The Morgan fingerprint density at radius 1 is 1.30 bits per heavy atom. The lowest BCUT2D eigenvalue weighted by atomic mass is 10.0. The Labute approximate surface area is 134 Å². The third-order valence-electron chi connectivity index (χ3n) is 2.94. The first kappa shape index (κ1) is 16.7. The summed E-state index contributed by atoms with van der Waals surface area (Å²) in [5, 5.41) is 2.51. The lowest BCUT2D eigenvalue weighted by Gasteiger charge is -2.19. The van der Waals surface area contributed by atoms with Gasteiger partial charge in [-0.05, 0) is 56.2 Å². The Morgan fingerprint density at radius 3 is 2.65 bits per heavy atom. The molecule has 122 valence electrons. The van der Waals surface area contributed by atoms with Crippen LogP contribution in [0.5, 0.6) is 0 Å². The zero-order chi connectivity index (χ0) is 17.0. The van der Waals surface area contributed by atoms with Crippen molar-refractivity contribution in [1.29, 1.82) is 0 Å². The molecule has 0 atom stereocenters. The quantitative estimate of drug-likeness (QED) is 0.904.